The number of ketones is 1. The Kier molecular flexibility index (Phi) is 18.9. The van der Waals surface area contributed by atoms with Gasteiger partial charge in [-0.05, 0) is 111 Å². The summed E-state index contributed by atoms with van der Waals surface area (Å²) >= 11 is 0. The van der Waals surface area contributed by atoms with Crippen LogP contribution < -0.4 is 10.6 Å². The topological polar surface area (TPSA) is 331 Å². The third kappa shape index (κ3) is 12.0. The summed E-state index contributed by atoms with van der Waals surface area (Å²) in [4.78, 5) is 38.0. The number of nitrogens with one attached hydrogen (secondary N) is 2. The zero-order valence-electron chi connectivity index (χ0n) is 46.1. The lowest BCUT2D eigenvalue weighted by Gasteiger charge is -2.61. The highest BCUT2D eigenvalue weighted by atomic mass is 16.8. The predicted octanol–water partition coefficient (Wildman–Crippen LogP) is 0.131. The van der Waals surface area contributed by atoms with Gasteiger partial charge in [0.2, 0.25) is 11.8 Å². The maximum absolute atomic E-state index is 13.0. The van der Waals surface area contributed by atoms with Crippen molar-refractivity contribution in [1.82, 2.24) is 10.6 Å². The van der Waals surface area contributed by atoms with E-state index in [9.17, 15) is 60.3 Å². The van der Waals surface area contributed by atoms with Crippen LogP contribution in [0.3, 0.4) is 0 Å². The van der Waals surface area contributed by atoms with Crippen LogP contribution in [0.15, 0.2) is 22.8 Å². The zero-order valence-corrected chi connectivity index (χ0v) is 46.1. The molecule has 0 radical (unpaired) electrons. The Hall–Kier alpha value is -2.59. The smallest absolute Gasteiger partial charge is 0.217 e. The van der Waals surface area contributed by atoms with Gasteiger partial charge in [0.1, 0.15) is 85.3 Å². The van der Waals surface area contributed by atoms with Gasteiger partial charge in [0.25, 0.3) is 0 Å². The number of hydrogen-bond donors (Lipinski definition) is 11. The van der Waals surface area contributed by atoms with E-state index in [-0.39, 0.29) is 41.7 Å². The van der Waals surface area contributed by atoms with E-state index in [0.29, 0.717) is 24.7 Å². The molecule has 77 heavy (non-hydrogen) atoms. The molecule has 25 atom stereocenters. The Bertz CT molecular complexity index is 2160. The second-order valence-electron chi connectivity index (χ2n) is 24.8. The number of carbonyl (C=O) groups is 3. The summed E-state index contributed by atoms with van der Waals surface area (Å²) in [5.74, 6) is 0.317. The fourth-order valence-electron chi connectivity index (χ4n) is 15.2. The molecule has 22 heteroatoms. The minimum absolute atomic E-state index is 0.107. The van der Waals surface area contributed by atoms with Crippen molar-refractivity contribution < 1.29 is 98.2 Å². The van der Waals surface area contributed by atoms with Gasteiger partial charge in [-0.3, -0.25) is 14.4 Å². The average Bonchev–Trinajstić information content (AvgIpc) is 3.84. The van der Waals surface area contributed by atoms with Crippen LogP contribution in [0.25, 0.3) is 0 Å². The number of fused-ring (bicyclic) bond motifs is 4. The normalized spacial score (nSPS) is 46.2. The van der Waals surface area contributed by atoms with E-state index in [1.54, 1.807) is 17.2 Å². The summed E-state index contributed by atoms with van der Waals surface area (Å²) in [6, 6.07) is -2.86. The summed E-state index contributed by atoms with van der Waals surface area (Å²) in [5.41, 5.74) is 3.67. The quantitative estimate of drug-likeness (QED) is 0.0723. The molecular formula is C55H88N2O20. The van der Waals surface area contributed by atoms with Gasteiger partial charge in [-0.25, -0.2) is 0 Å². The molecule has 4 saturated heterocycles. The molecule has 0 unspecified atom stereocenters. The predicted molar refractivity (Wildman–Crippen MR) is 270 cm³/mol. The molecule has 11 N–H and O–H groups in total. The van der Waals surface area contributed by atoms with Crippen LogP contribution in [-0.4, -0.2) is 207 Å². The maximum atomic E-state index is 13.0. The number of aliphatic hydroxyl groups is 9. The lowest BCUT2D eigenvalue weighted by atomic mass is 9.45. The van der Waals surface area contributed by atoms with Crippen LogP contribution in [0.4, 0.5) is 0 Å². The number of amides is 2. The molecule has 4 heterocycles. The first-order chi connectivity index (χ1) is 36.2. The summed E-state index contributed by atoms with van der Waals surface area (Å²) in [5, 5.41) is 103. The standard InChI is InChI=1S/C55H88N2O20/c1-24(2)18-28(61)19-25(3)30-11-12-31-29-10-13-37-53(6,7)38(15-17-55(37,9)32(29)14-16-54(30,31)8)76-52-48(44(66)36(23-72-52)75-49-39(56-26(4)59)45(67)42(64)34(20-58)73-49)77-50-40(57-27(5)60)46(68)43(65)35(74-50)22-71-51-47(69)41(63)33(62)21-70-51/h18,25,30-31,33-52,58,62-69H,10-17,19-23H2,1-9H3,(H,56,59)(H,57,60)/t25-,30-,31+,33-,34-,35-,36-,37+,38+,39-,40-,41+,42+,43-,44+,45-,46-,47-,48-,49+,50+,51+,52+,54-,55-/m1/s1. The molecule has 0 aromatic rings. The minimum Gasteiger partial charge on any atom is -0.394 e. The van der Waals surface area contributed by atoms with E-state index in [0.717, 1.165) is 50.5 Å². The molecule has 2 amide bonds. The Morgan fingerprint density at radius 3 is 1.95 bits per heavy atom. The maximum Gasteiger partial charge on any atom is 0.217 e. The van der Waals surface area contributed by atoms with Gasteiger partial charge in [-0.15, -0.1) is 0 Å². The Morgan fingerprint density at radius 2 is 1.31 bits per heavy atom. The van der Waals surface area contributed by atoms with Crippen molar-refractivity contribution in [2.75, 3.05) is 26.4 Å². The van der Waals surface area contributed by atoms with Crippen molar-refractivity contribution in [1.29, 1.82) is 0 Å². The first-order valence-electron chi connectivity index (χ1n) is 27.8. The number of carbonyl (C=O) groups excluding carboxylic acids is 3. The molecule has 8 aliphatic rings. The first kappa shape index (κ1) is 60.5. The molecule has 0 aromatic heterocycles. The van der Waals surface area contributed by atoms with Gasteiger partial charge in [0.15, 0.2) is 30.9 Å². The van der Waals surface area contributed by atoms with Gasteiger partial charge < -0.3 is 94.5 Å². The minimum atomic E-state index is -1.78. The molecule has 4 aliphatic heterocycles. The highest BCUT2D eigenvalue weighted by molar-refractivity contribution is 5.90. The lowest BCUT2D eigenvalue weighted by Crippen LogP contribution is -2.68. The van der Waals surface area contributed by atoms with Crippen molar-refractivity contribution >= 4 is 17.6 Å². The molecule has 4 aliphatic carbocycles. The zero-order chi connectivity index (χ0) is 56.2. The van der Waals surface area contributed by atoms with E-state index in [4.69, 9.17) is 37.9 Å². The van der Waals surface area contributed by atoms with Crippen molar-refractivity contribution in [3.8, 4) is 0 Å². The van der Waals surface area contributed by atoms with Crippen molar-refractivity contribution in [2.24, 2.45) is 39.9 Å². The Labute approximate surface area is 451 Å². The van der Waals surface area contributed by atoms with E-state index in [1.165, 1.54) is 13.8 Å². The number of aliphatic hydroxyl groups excluding tert-OH is 9. The molecule has 8 rings (SSSR count). The van der Waals surface area contributed by atoms with Crippen LogP contribution in [0.2, 0.25) is 0 Å². The molecule has 2 saturated carbocycles. The molecule has 6 fully saturated rings. The largest absolute Gasteiger partial charge is 0.394 e. The van der Waals surface area contributed by atoms with Crippen LogP contribution in [0.1, 0.15) is 120 Å². The third-order valence-corrected chi connectivity index (χ3v) is 19.1. The van der Waals surface area contributed by atoms with Crippen molar-refractivity contribution in [3.63, 3.8) is 0 Å². The molecular weight excluding hydrogens is 1010 g/mol. The van der Waals surface area contributed by atoms with Gasteiger partial charge in [-0.1, -0.05) is 51.3 Å². The second-order valence-corrected chi connectivity index (χ2v) is 24.8. The van der Waals surface area contributed by atoms with E-state index in [2.05, 4.69) is 45.3 Å². The fraction of sp³-hybridized carbons (Fsp3) is 0.873. The van der Waals surface area contributed by atoms with Gasteiger partial charge in [-0.2, -0.15) is 0 Å². The summed E-state index contributed by atoms with van der Waals surface area (Å²) in [6.45, 7) is 15.8. The van der Waals surface area contributed by atoms with Crippen molar-refractivity contribution in [3.05, 3.63) is 22.8 Å². The highest BCUT2D eigenvalue weighted by Gasteiger charge is 2.61. The van der Waals surface area contributed by atoms with E-state index >= 15 is 0 Å². The third-order valence-electron chi connectivity index (χ3n) is 19.1. The summed E-state index contributed by atoms with van der Waals surface area (Å²) in [7, 11) is 0. The van der Waals surface area contributed by atoms with E-state index in [1.807, 2.05) is 13.8 Å². The van der Waals surface area contributed by atoms with Crippen LogP contribution in [0.5, 0.6) is 0 Å². The summed E-state index contributed by atoms with van der Waals surface area (Å²) in [6.07, 6.45) is -15.7. The Morgan fingerprint density at radius 1 is 0.688 bits per heavy atom. The lowest BCUT2D eigenvalue weighted by molar-refractivity contribution is -0.371. The van der Waals surface area contributed by atoms with Gasteiger partial charge in [0.05, 0.1) is 32.5 Å². The van der Waals surface area contributed by atoms with Crippen LogP contribution >= 0.6 is 0 Å². The summed E-state index contributed by atoms with van der Waals surface area (Å²) < 4.78 is 49.5. The molecule has 0 spiro atoms. The molecule has 22 nitrogen and oxygen atoms in total. The average molecular weight is 1100 g/mol. The van der Waals surface area contributed by atoms with Gasteiger partial charge >= 0.3 is 0 Å². The Balaban J connectivity index is 1.05. The number of ether oxygens (including phenoxy) is 8. The SMILES string of the molecule is CC(=O)N[C@H]1[C@H](O[C@@H]2CO[C@@H](O[C@H]3CC[C@]4(C)C5=C(CC[C@H]4C3(C)C)[C@@H]3CC[C@H]([C@H](C)CC(=O)C=C(C)C)[C@@]3(C)CC5)[C@H](O[C@@H]3O[C@H](CO[C@@H]4OC[C@@H](O)[C@H](O)[C@H]4O)[C@@H](O)[C@H](O)[C@H]3NC(C)=O)[C@H]2O)O[C@H](CO)[C@H](O)[C@@H]1O. The van der Waals surface area contributed by atoms with E-state index < -0.39 is 147 Å². The first-order valence-corrected chi connectivity index (χ1v) is 27.8. The number of rotatable bonds is 16. The number of hydrogen-bond acceptors (Lipinski definition) is 20. The van der Waals surface area contributed by atoms with Crippen molar-refractivity contribution in [2.45, 2.75) is 237 Å². The van der Waals surface area contributed by atoms with Gasteiger partial charge in [0, 0.05) is 20.3 Å². The highest BCUT2D eigenvalue weighted by Crippen LogP contribution is 2.68. The monoisotopic (exact) mass is 1100 g/mol. The van der Waals surface area contributed by atoms with Crippen LogP contribution in [0, 0.1) is 39.9 Å². The second kappa shape index (κ2) is 24.1. The molecule has 0 aromatic carbocycles. The number of allylic oxidation sites excluding steroid dienone is 4. The molecule has 0 bridgehead atoms. The fourth-order valence-corrected chi connectivity index (χ4v) is 15.2. The van der Waals surface area contributed by atoms with Crippen LogP contribution in [-0.2, 0) is 52.3 Å². The molecule has 438 valence electrons.